The van der Waals surface area contributed by atoms with Gasteiger partial charge in [-0.15, -0.1) is 0 Å². The first-order valence-electron chi connectivity index (χ1n) is 10.7. The summed E-state index contributed by atoms with van der Waals surface area (Å²) in [5.74, 6) is 0.0191. The fraction of sp³-hybridized carbons (Fsp3) is 0.240. The van der Waals surface area contributed by atoms with Gasteiger partial charge in [-0.3, -0.25) is 4.79 Å². The highest BCUT2D eigenvalue weighted by atomic mass is 32.2. The first-order chi connectivity index (χ1) is 15.6. The van der Waals surface area contributed by atoms with Crippen LogP contribution in [0.1, 0.15) is 35.7 Å². The zero-order chi connectivity index (χ0) is 22.1. The Balaban J connectivity index is 1.34. The molecule has 0 unspecified atom stereocenters. The van der Waals surface area contributed by atoms with Crippen LogP contribution in [0.3, 0.4) is 0 Å². The van der Waals surface area contributed by atoms with Crippen molar-refractivity contribution in [1.82, 2.24) is 19.9 Å². The first-order valence-corrected chi connectivity index (χ1v) is 11.7. The van der Waals surface area contributed by atoms with Crippen LogP contribution < -0.4 is 5.32 Å². The maximum absolute atomic E-state index is 13.3. The van der Waals surface area contributed by atoms with Gasteiger partial charge >= 0.3 is 0 Å². The molecule has 5 nitrogen and oxygen atoms in total. The van der Waals surface area contributed by atoms with E-state index in [0.717, 1.165) is 41.1 Å². The molecule has 0 saturated carbocycles. The molecule has 0 spiro atoms. The van der Waals surface area contributed by atoms with E-state index in [1.54, 1.807) is 22.8 Å². The summed E-state index contributed by atoms with van der Waals surface area (Å²) in [5.41, 5.74) is 5.78. The van der Waals surface area contributed by atoms with Crippen molar-refractivity contribution in [3.05, 3.63) is 83.4 Å². The summed E-state index contributed by atoms with van der Waals surface area (Å²) in [6.07, 6.45) is 4.85. The standard InChI is InChI=1S/C25H23FN4OS/c1-16-13-24(30-25(28-16)21(14-27-30)18-9-11-19(26)12-10-18)32-15-23(31)29-22-8-4-6-17-5-2-3-7-20(17)22/h2-3,5,7,9-14,22H,4,6,8,15H2,1H3,(H,29,31)/t22-/m1/s1. The molecular formula is C25H23FN4OS. The fourth-order valence-corrected chi connectivity index (χ4v) is 5.14. The smallest absolute Gasteiger partial charge is 0.230 e. The number of rotatable bonds is 5. The van der Waals surface area contributed by atoms with Gasteiger partial charge in [0.2, 0.25) is 5.91 Å². The number of nitrogens with one attached hydrogen (secondary N) is 1. The SMILES string of the molecule is Cc1cc(SCC(=O)N[C@@H]2CCCc3ccccc32)n2ncc(-c3ccc(F)cc3)c2n1. The topological polar surface area (TPSA) is 59.3 Å². The first kappa shape index (κ1) is 20.7. The van der Waals surface area contributed by atoms with Gasteiger partial charge in [0.15, 0.2) is 5.65 Å². The lowest BCUT2D eigenvalue weighted by Gasteiger charge is -2.26. The van der Waals surface area contributed by atoms with Crippen LogP contribution in [0.2, 0.25) is 0 Å². The van der Waals surface area contributed by atoms with E-state index >= 15 is 0 Å². The summed E-state index contributed by atoms with van der Waals surface area (Å²) < 4.78 is 15.1. The molecule has 1 N–H and O–H groups in total. The zero-order valence-corrected chi connectivity index (χ0v) is 18.5. The molecule has 162 valence electrons. The van der Waals surface area contributed by atoms with Crippen molar-refractivity contribution in [3.8, 4) is 11.1 Å². The van der Waals surface area contributed by atoms with E-state index in [4.69, 9.17) is 0 Å². The van der Waals surface area contributed by atoms with E-state index in [2.05, 4.69) is 33.6 Å². The number of aromatic nitrogens is 3. The Morgan fingerprint density at radius 2 is 2.03 bits per heavy atom. The average molecular weight is 447 g/mol. The molecule has 1 aliphatic rings. The lowest BCUT2D eigenvalue weighted by Crippen LogP contribution is -2.32. The maximum atomic E-state index is 13.3. The molecule has 32 heavy (non-hydrogen) atoms. The van der Waals surface area contributed by atoms with Crippen LogP contribution in [0.5, 0.6) is 0 Å². The maximum Gasteiger partial charge on any atom is 0.230 e. The van der Waals surface area contributed by atoms with E-state index in [1.807, 2.05) is 19.1 Å². The summed E-state index contributed by atoms with van der Waals surface area (Å²) in [6, 6.07) is 16.7. The summed E-state index contributed by atoms with van der Waals surface area (Å²) in [4.78, 5) is 17.4. The second kappa shape index (κ2) is 8.74. The van der Waals surface area contributed by atoms with E-state index in [0.29, 0.717) is 11.4 Å². The normalized spacial score (nSPS) is 15.5. The number of amides is 1. The van der Waals surface area contributed by atoms with Gasteiger partial charge in [0.25, 0.3) is 0 Å². The third kappa shape index (κ3) is 4.12. The van der Waals surface area contributed by atoms with Crippen LogP contribution in [-0.4, -0.2) is 26.3 Å². The number of thioether (sulfide) groups is 1. The molecule has 7 heteroatoms. The molecule has 0 aliphatic heterocycles. The van der Waals surface area contributed by atoms with E-state index in [9.17, 15) is 9.18 Å². The Bertz CT molecular complexity index is 1290. The molecule has 0 fully saturated rings. The van der Waals surface area contributed by atoms with Gasteiger partial charge in [-0.1, -0.05) is 48.2 Å². The summed E-state index contributed by atoms with van der Waals surface area (Å²) >= 11 is 1.44. The third-order valence-electron chi connectivity index (χ3n) is 5.78. The summed E-state index contributed by atoms with van der Waals surface area (Å²) in [7, 11) is 0. The van der Waals surface area contributed by atoms with Crippen molar-refractivity contribution in [2.24, 2.45) is 0 Å². The number of carbonyl (C=O) groups is 1. The Hall–Kier alpha value is -3.19. The Morgan fingerprint density at radius 3 is 2.88 bits per heavy atom. The van der Waals surface area contributed by atoms with Crippen LogP contribution in [0.25, 0.3) is 16.8 Å². The van der Waals surface area contributed by atoms with Gasteiger partial charge in [-0.05, 0) is 61.1 Å². The zero-order valence-electron chi connectivity index (χ0n) is 17.7. The van der Waals surface area contributed by atoms with Crippen LogP contribution in [-0.2, 0) is 11.2 Å². The number of carbonyl (C=O) groups excluding carboxylic acids is 1. The number of aryl methyl sites for hydroxylation is 2. The van der Waals surface area contributed by atoms with Gasteiger partial charge in [0.1, 0.15) is 10.8 Å². The molecule has 1 atom stereocenters. The molecule has 4 aromatic rings. The average Bonchev–Trinajstić information content (AvgIpc) is 3.22. The number of benzene rings is 2. The van der Waals surface area contributed by atoms with Crippen molar-refractivity contribution < 1.29 is 9.18 Å². The number of fused-ring (bicyclic) bond motifs is 2. The van der Waals surface area contributed by atoms with Crippen molar-refractivity contribution in [2.75, 3.05) is 5.75 Å². The number of halogens is 1. The minimum Gasteiger partial charge on any atom is -0.349 e. The van der Waals surface area contributed by atoms with Gasteiger partial charge in [-0.25, -0.2) is 13.9 Å². The Morgan fingerprint density at radius 1 is 1.22 bits per heavy atom. The second-order valence-electron chi connectivity index (χ2n) is 8.04. The number of nitrogens with zero attached hydrogens (tertiary/aromatic N) is 3. The highest BCUT2D eigenvalue weighted by Gasteiger charge is 2.21. The highest BCUT2D eigenvalue weighted by Crippen LogP contribution is 2.30. The number of hydrogen-bond acceptors (Lipinski definition) is 4. The van der Waals surface area contributed by atoms with Crippen molar-refractivity contribution >= 4 is 23.3 Å². The minimum atomic E-state index is -0.280. The van der Waals surface area contributed by atoms with Gasteiger partial charge in [-0.2, -0.15) is 5.10 Å². The monoisotopic (exact) mass is 446 g/mol. The summed E-state index contributed by atoms with van der Waals surface area (Å²) in [6.45, 7) is 1.92. The summed E-state index contributed by atoms with van der Waals surface area (Å²) in [5, 5.41) is 8.54. The van der Waals surface area contributed by atoms with Crippen molar-refractivity contribution in [1.29, 1.82) is 0 Å². The lowest BCUT2D eigenvalue weighted by atomic mass is 9.88. The van der Waals surface area contributed by atoms with Crippen LogP contribution >= 0.6 is 11.8 Å². The largest absolute Gasteiger partial charge is 0.349 e. The van der Waals surface area contributed by atoms with Gasteiger partial charge in [0.05, 0.1) is 18.0 Å². The molecule has 0 saturated heterocycles. The second-order valence-corrected chi connectivity index (χ2v) is 9.03. The van der Waals surface area contributed by atoms with Crippen LogP contribution in [0.15, 0.2) is 65.8 Å². The quantitative estimate of drug-likeness (QED) is 0.341. The predicted octanol–water partition coefficient (Wildman–Crippen LogP) is 5.13. The Kier molecular flexibility index (Phi) is 5.66. The molecule has 1 amide bonds. The Labute approximate surface area is 190 Å². The molecule has 1 aliphatic carbocycles. The molecule has 2 aromatic carbocycles. The molecule has 0 radical (unpaired) electrons. The molecule has 2 heterocycles. The highest BCUT2D eigenvalue weighted by molar-refractivity contribution is 7.99. The molecule has 0 bridgehead atoms. The van der Waals surface area contributed by atoms with Crippen LogP contribution in [0, 0.1) is 12.7 Å². The van der Waals surface area contributed by atoms with Crippen LogP contribution in [0.4, 0.5) is 4.39 Å². The van der Waals surface area contributed by atoms with Gasteiger partial charge in [0, 0.05) is 11.3 Å². The van der Waals surface area contributed by atoms with Gasteiger partial charge < -0.3 is 5.32 Å². The number of hydrogen-bond donors (Lipinski definition) is 1. The molecule has 5 rings (SSSR count). The minimum absolute atomic E-state index is 0.00484. The van der Waals surface area contributed by atoms with Crippen molar-refractivity contribution in [3.63, 3.8) is 0 Å². The fourth-order valence-electron chi connectivity index (χ4n) is 4.27. The predicted molar refractivity (Wildman–Crippen MR) is 124 cm³/mol. The molecule has 2 aromatic heterocycles. The van der Waals surface area contributed by atoms with E-state index in [1.165, 1.54) is 35.0 Å². The third-order valence-corrected chi connectivity index (χ3v) is 6.77. The van der Waals surface area contributed by atoms with Crippen molar-refractivity contribution in [2.45, 2.75) is 37.3 Å². The molecular weight excluding hydrogens is 423 g/mol. The van der Waals surface area contributed by atoms with E-state index in [-0.39, 0.29) is 17.8 Å². The lowest BCUT2D eigenvalue weighted by molar-refractivity contribution is -0.119. The van der Waals surface area contributed by atoms with E-state index < -0.39 is 0 Å².